The number of ether oxygens (including phenoxy) is 1. The van der Waals surface area contributed by atoms with Gasteiger partial charge in [-0.3, -0.25) is 0 Å². The molecule has 1 aromatic rings. The Labute approximate surface area is 78.4 Å². The van der Waals surface area contributed by atoms with E-state index in [4.69, 9.17) is 10.6 Å². The molecule has 0 aliphatic rings. The van der Waals surface area contributed by atoms with E-state index in [1.54, 1.807) is 13.3 Å². The van der Waals surface area contributed by atoms with Gasteiger partial charge in [0.2, 0.25) is 0 Å². The van der Waals surface area contributed by atoms with Gasteiger partial charge in [-0.15, -0.1) is 0 Å². The first-order valence-corrected chi connectivity index (χ1v) is 4.03. The zero-order valence-electron chi connectivity index (χ0n) is 7.73. The topological polar surface area (TPSA) is 38.5 Å². The van der Waals surface area contributed by atoms with Crippen LogP contribution in [0.2, 0.25) is 0 Å². The molecule has 0 aromatic heterocycles. The fourth-order valence-electron chi connectivity index (χ4n) is 1.01. The lowest BCUT2D eigenvalue weighted by Gasteiger charge is -2.12. The molecule has 0 saturated carbocycles. The Morgan fingerprint density at radius 1 is 1.46 bits per heavy atom. The van der Waals surface area contributed by atoms with Crippen LogP contribution in [-0.2, 0) is 6.54 Å². The molecule has 1 rings (SSSR count). The molecule has 70 valence electrons. The van der Waals surface area contributed by atoms with Crippen molar-refractivity contribution in [3.05, 3.63) is 42.6 Å². The molecule has 0 unspecified atom stereocenters. The second-order valence-electron chi connectivity index (χ2n) is 2.70. The van der Waals surface area contributed by atoms with Gasteiger partial charge >= 0.3 is 0 Å². The van der Waals surface area contributed by atoms with Crippen molar-refractivity contribution in [3.63, 3.8) is 0 Å². The zero-order chi connectivity index (χ0) is 9.68. The Kier molecular flexibility index (Phi) is 3.34. The molecule has 0 aliphatic heterocycles. The summed E-state index contributed by atoms with van der Waals surface area (Å²) in [6.07, 6.45) is 1.59. The molecule has 0 aliphatic carbocycles. The summed E-state index contributed by atoms with van der Waals surface area (Å²) in [7, 11) is 1.65. The van der Waals surface area contributed by atoms with Crippen molar-refractivity contribution in [2.24, 2.45) is 5.84 Å². The lowest BCUT2D eigenvalue weighted by Crippen LogP contribution is -2.23. The van der Waals surface area contributed by atoms with Crippen molar-refractivity contribution >= 4 is 0 Å². The van der Waals surface area contributed by atoms with Gasteiger partial charge in [-0.05, 0) is 17.7 Å². The normalized spacial score (nSPS) is 9.38. The van der Waals surface area contributed by atoms with Crippen LogP contribution >= 0.6 is 0 Å². The zero-order valence-corrected chi connectivity index (χ0v) is 7.73. The highest BCUT2D eigenvalue weighted by Gasteiger charge is 1.95. The van der Waals surface area contributed by atoms with Crippen LogP contribution in [0.4, 0.5) is 0 Å². The van der Waals surface area contributed by atoms with Crippen LogP contribution in [0, 0.1) is 0 Å². The monoisotopic (exact) mass is 178 g/mol. The molecule has 13 heavy (non-hydrogen) atoms. The van der Waals surface area contributed by atoms with Crippen molar-refractivity contribution in [1.29, 1.82) is 0 Å². The van der Waals surface area contributed by atoms with Gasteiger partial charge in [-0.1, -0.05) is 18.7 Å². The average Bonchev–Trinajstić information content (AvgIpc) is 2.19. The number of methoxy groups -OCH3 is 1. The molecule has 0 fully saturated rings. The maximum absolute atomic E-state index is 5.56. The highest BCUT2D eigenvalue weighted by atomic mass is 16.5. The molecule has 1 aromatic carbocycles. The molecule has 0 amide bonds. The van der Waals surface area contributed by atoms with E-state index in [1.165, 1.54) is 5.01 Å². The summed E-state index contributed by atoms with van der Waals surface area (Å²) in [5.41, 5.74) is 1.13. The number of nitrogens with zero attached hydrogens (tertiary/aromatic N) is 1. The Bertz CT molecular complexity index is 269. The van der Waals surface area contributed by atoms with E-state index in [-0.39, 0.29) is 0 Å². The number of nitrogens with two attached hydrogens (primary N) is 1. The van der Waals surface area contributed by atoms with Crippen LogP contribution in [-0.4, -0.2) is 12.1 Å². The van der Waals surface area contributed by atoms with Crippen LogP contribution in [0.3, 0.4) is 0 Å². The predicted octanol–water partition coefficient (Wildman–Crippen LogP) is 1.51. The van der Waals surface area contributed by atoms with Gasteiger partial charge in [0.05, 0.1) is 13.7 Å². The molecular formula is C10H14N2O. The quantitative estimate of drug-likeness (QED) is 0.561. The van der Waals surface area contributed by atoms with Gasteiger partial charge in [0.1, 0.15) is 5.75 Å². The third kappa shape index (κ3) is 2.80. The molecule has 2 N–H and O–H groups in total. The summed E-state index contributed by atoms with van der Waals surface area (Å²) in [4.78, 5) is 0. The molecule has 0 radical (unpaired) electrons. The Balaban J connectivity index is 2.63. The predicted molar refractivity (Wildman–Crippen MR) is 52.9 cm³/mol. The molecule has 3 heteroatoms. The summed E-state index contributed by atoms with van der Waals surface area (Å²) >= 11 is 0. The first kappa shape index (κ1) is 9.61. The van der Waals surface area contributed by atoms with Gasteiger partial charge in [-0.2, -0.15) is 0 Å². The number of hydrogen-bond acceptors (Lipinski definition) is 3. The second kappa shape index (κ2) is 4.52. The van der Waals surface area contributed by atoms with Gasteiger partial charge in [-0.25, -0.2) is 5.84 Å². The smallest absolute Gasteiger partial charge is 0.118 e. The lowest BCUT2D eigenvalue weighted by atomic mass is 10.2. The minimum atomic E-state index is 0.660. The minimum absolute atomic E-state index is 0.660. The van der Waals surface area contributed by atoms with Crippen molar-refractivity contribution in [1.82, 2.24) is 5.01 Å². The first-order chi connectivity index (χ1) is 6.26. The molecule has 0 spiro atoms. The minimum Gasteiger partial charge on any atom is -0.497 e. The molecule has 0 heterocycles. The third-order valence-electron chi connectivity index (χ3n) is 1.76. The largest absolute Gasteiger partial charge is 0.497 e. The summed E-state index contributed by atoms with van der Waals surface area (Å²) in [5, 5.41) is 1.53. The Morgan fingerprint density at radius 3 is 2.54 bits per heavy atom. The SMILES string of the molecule is C=CN(N)Cc1ccc(OC)cc1. The fraction of sp³-hybridized carbons (Fsp3) is 0.200. The average molecular weight is 178 g/mol. The summed E-state index contributed by atoms with van der Waals surface area (Å²) in [5.74, 6) is 6.41. The van der Waals surface area contributed by atoms with Crippen LogP contribution in [0.15, 0.2) is 37.0 Å². The summed E-state index contributed by atoms with van der Waals surface area (Å²) < 4.78 is 5.04. The molecule has 3 nitrogen and oxygen atoms in total. The van der Waals surface area contributed by atoms with E-state index in [9.17, 15) is 0 Å². The van der Waals surface area contributed by atoms with E-state index < -0.39 is 0 Å². The number of benzene rings is 1. The van der Waals surface area contributed by atoms with Crippen LogP contribution in [0.5, 0.6) is 5.75 Å². The summed E-state index contributed by atoms with van der Waals surface area (Å²) in [6, 6.07) is 7.77. The van der Waals surface area contributed by atoms with Crippen LogP contribution in [0.1, 0.15) is 5.56 Å². The van der Waals surface area contributed by atoms with Gasteiger partial charge < -0.3 is 9.75 Å². The first-order valence-electron chi connectivity index (χ1n) is 4.03. The molecular weight excluding hydrogens is 164 g/mol. The van der Waals surface area contributed by atoms with Crippen molar-refractivity contribution in [3.8, 4) is 5.75 Å². The van der Waals surface area contributed by atoms with E-state index in [0.717, 1.165) is 11.3 Å². The van der Waals surface area contributed by atoms with E-state index in [2.05, 4.69) is 6.58 Å². The second-order valence-corrected chi connectivity index (χ2v) is 2.70. The molecule has 0 bridgehead atoms. The van der Waals surface area contributed by atoms with E-state index >= 15 is 0 Å². The van der Waals surface area contributed by atoms with Crippen LogP contribution < -0.4 is 10.6 Å². The van der Waals surface area contributed by atoms with E-state index in [0.29, 0.717) is 6.54 Å². The van der Waals surface area contributed by atoms with E-state index in [1.807, 2.05) is 24.3 Å². The standard InChI is InChI=1S/C10H14N2O/c1-3-12(11)8-9-4-6-10(13-2)7-5-9/h3-7H,1,8,11H2,2H3. The number of hydrazine groups is 1. The fourth-order valence-corrected chi connectivity index (χ4v) is 1.01. The van der Waals surface area contributed by atoms with Crippen molar-refractivity contribution in [2.45, 2.75) is 6.54 Å². The van der Waals surface area contributed by atoms with Gasteiger partial charge in [0.25, 0.3) is 0 Å². The van der Waals surface area contributed by atoms with Gasteiger partial charge in [0, 0.05) is 6.20 Å². The van der Waals surface area contributed by atoms with Crippen molar-refractivity contribution < 1.29 is 4.74 Å². The van der Waals surface area contributed by atoms with Crippen LogP contribution in [0.25, 0.3) is 0 Å². The molecule has 0 saturated heterocycles. The highest BCUT2D eigenvalue weighted by molar-refractivity contribution is 5.27. The summed E-state index contributed by atoms with van der Waals surface area (Å²) in [6.45, 7) is 4.23. The number of rotatable bonds is 4. The van der Waals surface area contributed by atoms with Gasteiger partial charge in [0.15, 0.2) is 0 Å². The maximum Gasteiger partial charge on any atom is 0.118 e. The third-order valence-corrected chi connectivity index (χ3v) is 1.76. The lowest BCUT2D eigenvalue weighted by molar-refractivity contribution is 0.387. The highest BCUT2D eigenvalue weighted by Crippen LogP contribution is 2.11. The maximum atomic E-state index is 5.56. The molecule has 0 atom stereocenters. The number of hydrogen-bond donors (Lipinski definition) is 1. The van der Waals surface area contributed by atoms with Crippen molar-refractivity contribution in [2.75, 3.05) is 7.11 Å². The Morgan fingerprint density at radius 2 is 2.08 bits per heavy atom. The Hall–Kier alpha value is -1.48.